The van der Waals surface area contributed by atoms with Crippen LogP contribution in [0.5, 0.6) is 0 Å². The fourth-order valence-corrected chi connectivity index (χ4v) is 1.29. The maximum absolute atomic E-state index is 11.7. The number of methoxy groups -OCH3 is 1. The first-order chi connectivity index (χ1) is 8.15. The molecule has 0 saturated heterocycles. The second kappa shape index (κ2) is 6.64. The summed E-state index contributed by atoms with van der Waals surface area (Å²) in [6.07, 6.45) is 2.10. The molecule has 1 aromatic rings. The highest BCUT2D eigenvalue weighted by Crippen LogP contribution is 1.98. The highest BCUT2D eigenvalue weighted by molar-refractivity contribution is 5.92. The molecule has 0 aliphatic carbocycles. The maximum Gasteiger partial charge on any atom is 0.325 e. The molecule has 0 aliphatic rings. The molecule has 0 unspecified atom stereocenters. The molecule has 17 heavy (non-hydrogen) atoms. The van der Waals surface area contributed by atoms with Crippen molar-refractivity contribution >= 4 is 11.9 Å². The third kappa shape index (κ3) is 4.23. The van der Waals surface area contributed by atoms with E-state index >= 15 is 0 Å². The molecule has 1 rings (SSSR count). The lowest BCUT2D eigenvalue weighted by Crippen LogP contribution is -2.28. The number of amides is 1. The van der Waals surface area contributed by atoms with Crippen LogP contribution in [0, 0.1) is 0 Å². The van der Waals surface area contributed by atoms with Crippen LogP contribution in [0.2, 0.25) is 0 Å². The summed E-state index contributed by atoms with van der Waals surface area (Å²) in [4.78, 5) is 22.2. The Hall–Kier alpha value is -1.89. The Bertz CT molecular complexity index is 389. The van der Waals surface area contributed by atoms with Gasteiger partial charge in [-0.2, -0.15) is 5.10 Å². The fourth-order valence-electron chi connectivity index (χ4n) is 1.29. The number of carboxylic acid groups (broad SMARTS) is 1. The van der Waals surface area contributed by atoms with Gasteiger partial charge >= 0.3 is 5.97 Å². The van der Waals surface area contributed by atoms with Gasteiger partial charge in [0.1, 0.15) is 12.2 Å². The minimum absolute atomic E-state index is 0.241. The van der Waals surface area contributed by atoms with Gasteiger partial charge in [-0.15, -0.1) is 0 Å². The Morgan fingerprint density at radius 3 is 3.00 bits per heavy atom. The lowest BCUT2D eigenvalue weighted by molar-refractivity contribution is -0.137. The predicted octanol–water partition coefficient (Wildman–Crippen LogP) is -0.266. The van der Waals surface area contributed by atoms with Crippen molar-refractivity contribution in [3.8, 4) is 0 Å². The van der Waals surface area contributed by atoms with E-state index in [-0.39, 0.29) is 18.1 Å². The first kappa shape index (κ1) is 13.2. The van der Waals surface area contributed by atoms with Gasteiger partial charge in [-0.3, -0.25) is 9.59 Å². The van der Waals surface area contributed by atoms with Crippen molar-refractivity contribution in [2.75, 3.05) is 20.3 Å². The molecule has 0 saturated carbocycles. The van der Waals surface area contributed by atoms with Gasteiger partial charge in [-0.05, 0) is 12.5 Å². The number of carbonyl (C=O) groups is 2. The summed E-state index contributed by atoms with van der Waals surface area (Å²) < 4.78 is 5.99. The van der Waals surface area contributed by atoms with E-state index in [1.807, 2.05) is 0 Å². The summed E-state index contributed by atoms with van der Waals surface area (Å²) in [7, 11) is 1.59. The van der Waals surface area contributed by atoms with E-state index in [2.05, 4.69) is 10.4 Å². The van der Waals surface area contributed by atoms with Crippen LogP contribution in [0.3, 0.4) is 0 Å². The van der Waals surface area contributed by atoms with E-state index in [1.165, 1.54) is 12.3 Å². The summed E-state index contributed by atoms with van der Waals surface area (Å²) in [6, 6.07) is 1.48. The number of aliphatic carboxylic acids is 1. The largest absolute Gasteiger partial charge is 0.480 e. The van der Waals surface area contributed by atoms with Crippen LogP contribution in [-0.2, 0) is 16.1 Å². The molecular formula is C10H15N3O4. The van der Waals surface area contributed by atoms with Crippen LogP contribution in [0.25, 0.3) is 0 Å². The van der Waals surface area contributed by atoms with Crippen LogP contribution in [0.15, 0.2) is 12.3 Å². The lowest BCUT2D eigenvalue weighted by atomic mass is 10.3. The first-order valence-electron chi connectivity index (χ1n) is 5.16. The monoisotopic (exact) mass is 241 g/mol. The smallest absolute Gasteiger partial charge is 0.325 e. The second-order valence-corrected chi connectivity index (χ2v) is 3.37. The van der Waals surface area contributed by atoms with Gasteiger partial charge in [0.25, 0.3) is 5.91 Å². The van der Waals surface area contributed by atoms with Crippen LogP contribution in [0.4, 0.5) is 0 Å². The molecule has 94 valence electrons. The predicted molar refractivity (Wildman–Crippen MR) is 58.7 cm³/mol. The molecule has 2 N–H and O–H groups in total. The van der Waals surface area contributed by atoms with Crippen LogP contribution in [0.1, 0.15) is 16.9 Å². The normalized spacial score (nSPS) is 10.2. The number of carbonyl (C=O) groups excluding carboxylic acids is 1. The molecule has 1 heterocycles. The van der Waals surface area contributed by atoms with Crippen molar-refractivity contribution in [2.45, 2.75) is 13.0 Å². The summed E-state index contributed by atoms with van der Waals surface area (Å²) in [6.45, 7) is 0.716. The van der Waals surface area contributed by atoms with Crippen molar-refractivity contribution < 1.29 is 19.4 Å². The Labute approximate surface area is 98.4 Å². The third-order valence-electron chi connectivity index (χ3n) is 2.04. The number of aromatic nitrogens is 2. The Morgan fingerprint density at radius 2 is 2.35 bits per heavy atom. The minimum atomic E-state index is -1.04. The van der Waals surface area contributed by atoms with Crippen molar-refractivity contribution in [1.82, 2.24) is 15.1 Å². The average Bonchev–Trinajstić information content (AvgIpc) is 2.71. The highest BCUT2D eigenvalue weighted by atomic mass is 16.5. The van der Waals surface area contributed by atoms with Gasteiger partial charge in [0.15, 0.2) is 0 Å². The van der Waals surface area contributed by atoms with Crippen molar-refractivity contribution in [2.24, 2.45) is 0 Å². The zero-order valence-corrected chi connectivity index (χ0v) is 9.55. The zero-order valence-electron chi connectivity index (χ0n) is 9.55. The molecule has 0 radical (unpaired) electrons. The molecule has 1 amide bonds. The number of rotatable bonds is 7. The summed E-state index contributed by atoms with van der Waals surface area (Å²) >= 11 is 0. The fraction of sp³-hybridized carbons (Fsp3) is 0.500. The summed E-state index contributed by atoms with van der Waals surface area (Å²) in [5.41, 5.74) is 0.241. The number of nitrogens with zero attached hydrogens (tertiary/aromatic N) is 2. The second-order valence-electron chi connectivity index (χ2n) is 3.37. The van der Waals surface area contributed by atoms with Gasteiger partial charge in [0.2, 0.25) is 0 Å². The van der Waals surface area contributed by atoms with Gasteiger partial charge in [0.05, 0.1) is 0 Å². The molecule has 7 nitrogen and oxygen atoms in total. The lowest BCUT2D eigenvalue weighted by Gasteiger charge is -2.06. The minimum Gasteiger partial charge on any atom is -0.480 e. The Kier molecular flexibility index (Phi) is 5.15. The van der Waals surface area contributed by atoms with Gasteiger partial charge in [0, 0.05) is 26.5 Å². The quantitative estimate of drug-likeness (QED) is 0.641. The molecule has 0 fully saturated rings. The molecule has 0 spiro atoms. The van der Waals surface area contributed by atoms with E-state index < -0.39 is 5.97 Å². The maximum atomic E-state index is 11.7. The Morgan fingerprint density at radius 1 is 1.59 bits per heavy atom. The van der Waals surface area contributed by atoms with E-state index in [0.29, 0.717) is 19.6 Å². The standard InChI is InChI=1S/C10H15N3O4/c1-17-6-2-4-11-10(16)8-3-5-12-13(8)7-9(14)15/h3,5H,2,4,6-7H2,1H3,(H,11,16)(H,14,15). The van der Waals surface area contributed by atoms with Crippen LogP contribution >= 0.6 is 0 Å². The molecule has 0 bridgehead atoms. The van der Waals surface area contributed by atoms with E-state index in [4.69, 9.17) is 9.84 Å². The van der Waals surface area contributed by atoms with Crippen molar-refractivity contribution in [3.05, 3.63) is 18.0 Å². The molecule has 1 aromatic heterocycles. The van der Waals surface area contributed by atoms with Crippen LogP contribution in [-0.4, -0.2) is 47.0 Å². The number of hydrogen-bond donors (Lipinski definition) is 2. The van der Waals surface area contributed by atoms with Crippen LogP contribution < -0.4 is 5.32 Å². The topological polar surface area (TPSA) is 93.5 Å². The molecular weight excluding hydrogens is 226 g/mol. The third-order valence-corrected chi connectivity index (χ3v) is 2.04. The summed E-state index contributed by atoms with van der Waals surface area (Å²) in [5, 5.41) is 15.1. The number of ether oxygens (including phenoxy) is 1. The first-order valence-corrected chi connectivity index (χ1v) is 5.16. The summed E-state index contributed by atoms with van der Waals surface area (Å²) in [5.74, 6) is -1.37. The zero-order chi connectivity index (χ0) is 12.7. The van der Waals surface area contributed by atoms with E-state index in [1.54, 1.807) is 7.11 Å². The number of nitrogens with one attached hydrogen (secondary N) is 1. The number of hydrogen-bond acceptors (Lipinski definition) is 4. The Balaban J connectivity index is 2.50. The van der Waals surface area contributed by atoms with E-state index in [9.17, 15) is 9.59 Å². The SMILES string of the molecule is COCCCNC(=O)c1ccnn1CC(=O)O. The van der Waals surface area contributed by atoms with Gasteiger partial charge in [-0.25, -0.2) is 4.68 Å². The van der Waals surface area contributed by atoms with Crippen molar-refractivity contribution in [3.63, 3.8) is 0 Å². The molecule has 0 aromatic carbocycles. The van der Waals surface area contributed by atoms with Gasteiger partial charge in [-0.1, -0.05) is 0 Å². The molecule has 0 atom stereocenters. The number of carboxylic acids is 1. The highest BCUT2D eigenvalue weighted by Gasteiger charge is 2.13. The van der Waals surface area contributed by atoms with Crippen molar-refractivity contribution in [1.29, 1.82) is 0 Å². The van der Waals surface area contributed by atoms with Gasteiger partial charge < -0.3 is 15.2 Å². The van der Waals surface area contributed by atoms with E-state index in [0.717, 1.165) is 4.68 Å². The molecule has 7 heteroatoms. The average molecular weight is 241 g/mol. The molecule has 0 aliphatic heterocycles.